The van der Waals surface area contributed by atoms with Crippen molar-refractivity contribution in [3.8, 4) is 0 Å². The van der Waals surface area contributed by atoms with Gasteiger partial charge in [0.15, 0.2) is 0 Å². The van der Waals surface area contributed by atoms with E-state index in [2.05, 4.69) is 10.3 Å². The molecule has 1 heterocycles. The molecule has 0 unspecified atom stereocenters. The molecule has 0 aliphatic carbocycles. The SMILES string of the molecule is O=C(NCCc1cccnc1)c1ccc(S(=O)(=O)C(F)F)cc1. The Bertz CT molecular complexity index is 763. The minimum Gasteiger partial charge on any atom is -0.352 e. The van der Waals surface area contributed by atoms with Gasteiger partial charge in [-0.1, -0.05) is 6.07 Å². The molecule has 23 heavy (non-hydrogen) atoms. The number of hydrogen-bond acceptors (Lipinski definition) is 4. The monoisotopic (exact) mass is 340 g/mol. The van der Waals surface area contributed by atoms with Crippen molar-refractivity contribution in [2.24, 2.45) is 0 Å². The molecule has 122 valence electrons. The molecule has 0 bridgehead atoms. The zero-order valence-electron chi connectivity index (χ0n) is 11.9. The summed E-state index contributed by atoms with van der Waals surface area (Å²) in [6.07, 6.45) is 3.94. The summed E-state index contributed by atoms with van der Waals surface area (Å²) in [6, 6.07) is 8.07. The number of alkyl halides is 2. The highest BCUT2D eigenvalue weighted by Gasteiger charge is 2.26. The number of hydrogen-bond donors (Lipinski definition) is 1. The minimum atomic E-state index is -4.64. The van der Waals surface area contributed by atoms with Crippen LogP contribution in [0.25, 0.3) is 0 Å². The molecular formula is C15H14F2N2O3S. The lowest BCUT2D eigenvalue weighted by atomic mass is 10.2. The number of sulfone groups is 1. The van der Waals surface area contributed by atoms with Crippen LogP contribution in [0.4, 0.5) is 8.78 Å². The van der Waals surface area contributed by atoms with Gasteiger partial charge in [-0.25, -0.2) is 8.42 Å². The van der Waals surface area contributed by atoms with Gasteiger partial charge in [0.2, 0.25) is 9.84 Å². The molecule has 1 aromatic heterocycles. The van der Waals surface area contributed by atoms with Crippen molar-refractivity contribution in [3.63, 3.8) is 0 Å². The van der Waals surface area contributed by atoms with Crippen molar-refractivity contribution in [3.05, 3.63) is 59.9 Å². The zero-order valence-corrected chi connectivity index (χ0v) is 12.8. The van der Waals surface area contributed by atoms with Crippen molar-refractivity contribution >= 4 is 15.7 Å². The van der Waals surface area contributed by atoms with Crippen LogP contribution in [0.3, 0.4) is 0 Å². The van der Waals surface area contributed by atoms with E-state index >= 15 is 0 Å². The highest BCUT2D eigenvalue weighted by Crippen LogP contribution is 2.18. The zero-order chi connectivity index (χ0) is 16.9. The Morgan fingerprint density at radius 2 is 1.87 bits per heavy atom. The maximum atomic E-state index is 12.4. The molecule has 0 aliphatic rings. The van der Waals surface area contributed by atoms with E-state index in [0.717, 1.165) is 17.7 Å². The molecule has 0 saturated carbocycles. The second kappa shape index (κ2) is 7.28. The molecule has 0 atom stereocenters. The van der Waals surface area contributed by atoms with Crippen LogP contribution in [0.15, 0.2) is 53.7 Å². The largest absolute Gasteiger partial charge is 0.352 e. The topological polar surface area (TPSA) is 76.1 Å². The molecule has 5 nitrogen and oxygen atoms in total. The lowest BCUT2D eigenvalue weighted by molar-refractivity contribution is 0.0954. The van der Waals surface area contributed by atoms with E-state index in [-0.39, 0.29) is 5.56 Å². The Kier molecular flexibility index (Phi) is 5.38. The number of halogens is 2. The number of nitrogens with one attached hydrogen (secondary N) is 1. The Hall–Kier alpha value is -2.35. The van der Waals surface area contributed by atoms with E-state index in [1.54, 1.807) is 18.5 Å². The van der Waals surface area contributed by atoms with Crippen molar-refractivity contribution in [1.82, 2.24) is 10.3 Å². The van der Waals surface area contributed by atoms with Gasteiger partial charge in [-0.05, 0) is 42.3 Å². The highest BCUT2D eigenvalue weighted by atomic mass is 32.2. The second-order valence-corrected chi connectivity index (χ2v) is 6.61. The lowest BCUT2D eigenvalue weighted by Crippen LogP contribution is -2.25. The summed E-state index contributed by atoms with van der Waals surface area (Å²) in [4.78, 5) is 15.3. The van der Waals surface area contributed by atoms with Gasteiger partial charge in [0.25, 0.3) is 5.91 Å². The third kappa shape index (κ3) is 4.32. The van der Waals surface area contributed by atoms with Gasteiger partial charge >= 0.3 is 5.76 Å². The summed E-state index contributed by atoms with van der Waals surface area (Å²) in [5.41, 5.74) is 1.16. The first kappa shape index (κ1) is 17.0. The molecule has 1 aromatic carbocycles. The number of amides is 1. The van der Waals surface area contributed by atoms with Crippen LogP contribution in [-0.4, -0.2) is 31.6 Å². The number of pyridine rings is 1. The molecule has 8 heteroatoms. The standard InChI is InChI=1S/C15H14F2N2O3S/c16-15(17)23(21,22)13-5-3-12(4-6-13)14(20)19-9-7-11-2-1-8-18-10-11/h1-6,8,10,15H,7,9H2,(H,19,20). The van der Waals surface area contributed by atoms with Crippen LogP contribution >= 0.6 is 0 Å². The van der Waals surface area contributed by atoms with Crippen molar-refractivity contribution in [2.75, 3.05) is 6.54 Å². The summed E-state index contributed by atoms with van der Waals surface area (Å²) in [5, 5.41) is 2.66. The molecule has 1 amide bonds. The van der Waals surface area contributed by atoms with Crippen molar-refractivity contribution < 1.29 is 22.0 Å². The van der Waals surface area contributed by atoms with Gasteiger partial charge < -0.3 is 5.32 Å². The first-order chi connectivity index (χ1) is 10.9. The van der Waals surface area contributed by atoms with Gasteiger partial charge in [0, 0.05) is 24.5 Å². The third-order valence-corrected chi connectivity index (χ3v) is 4.50. The molecule has 1 N–H and O–H groups in total. The maximum absolute atomic E-state index is 12.4. The van der Waals surface area contributed by atoms with E-state index in [9.17, 15) is 22.0 Å². The molecule has 0 fully saturated rings. The Labute approximate surface area is 132 Å². The highest BCUT2D eigenvalue weighted by molar-refractivity contribution is 7.91. The van der Waals surface area contributed by atoms with E-state index in [4.69, 9.17) is 0 Å². The van der Waals surface area contributed by atoms with E-state index in [0.29, 0.717) is 13.0 Å². The number of carbonyl (C=O) groups excluding carboxylic acids is 1. The van der Waals surface area contributed by atoms with Gasteiger partial charge in [0.1, 0.15) is 0 Å². The fraction of sp³-hybridized carbons (Fsp3) is 0.200. The van der Waals surface area contributed by atoms with Gasteiger partial charge in [-0.3, -0.25) is 9.78 Å². The summed E-state index contributed by atoms with van der Waals surface area (Å²) in [6.45, 7) is 0.377. The van der Waals surface area contributed by atoms with Gasteiger partial charge in [-0.2, -0.15) is 8.78 Å². The fourth-order valence-electron chi connectivity index (χ4n) is 1.87. The summed E-state index contributed by atoms with van der Waals surface area (Å²) < 4.78 is 47.4. The Morgan fingerprint density at radius 3 is 2.43 bits per heavy atom. The van der Waals surface area contributed by atoms with E-state index < -0.39 is 26.4 Å². The third-order valence-electron chi connectivity index (χ3n) is 3.10. The second-order valence-electron chi connectivity index (χ2n) is 4.70. The lowest BCUT2D eigenvalue weighted by Gasteiger charge is -2.07. The first-order valence-corrected chi connectivity index (χ1v) is 8.25. The summed E-state index contributed by atoms with van der Waals surface area (Å²) in [5.74, 6) is -3.89. The van der Waals surface area contributed by atoms with Crippen molar-refractivity contribution in [2.45, 2.75) is 17.1 Å². The Morgan fingerprint density at radius 1 is 1.17 bits per heavy atom. The Balaban J connectivity index is 1.95. The predicted molar refractivity (Wildman–Crippen MR) is 79.9 cm³/mol. The maximum Gasteiger partial charge on any atom is 0.341 e. The molecule has 0 saturated heterocycles. The van der Waals surface area contributed by atoms with Gasteiger partial charge in [-0.15, -0.1) is 0 Å². The number of rotatable bonds is 6. The van der Waals surface area contributed by atoms with Gasteiger partial charge in [0.05, 0.1) is 4.90 Å². The van der Waals surface area contributed by atoms with E-state index in [1.807, 2.05) is 6.07 Å². The van der Waals surface area contributed by atoms with Crippen molar-refractivity contribution in [1.29, 1.82) is 0 Å². The number of aromatic nitrogens is 1. The van der Waals surface area contributed by atoms with Crippen LogP contribution < -0.4 is 5.32 Å². The van der Waals surface area contributed by atoms with Crippen LogP contribution in [0, 0.1) is 0 Å². The average molecular weight is 340 g/mol. The number of nitrogens with zero attached hydrogens (tertiary/aromatic N) is 1. The number of carbonyl (C=O) groups is 1. The minimum absolute atomic E-state index is 0.199. The molecule has 0 radical (unpaired) electrons. The molecule has 0 spiro atoms. The quantitative estimate of drug-likeness (QED) is 0.873. The van der Waals surface area contributed by atoms with E-state index in [1.165, 1.54) is 12.1 Å². The smallest absolute Gasteiger partial charge is 0.341 e. The summed E-state index contributed by atoms with van der Waals surface area (Å²) in [7, 11) is -4.64. The van der Waals surface area contributed by atoms with Crippen LogP contribution in [0.1, 0.15) is 15.9 Å². The molecular weight excluding hydrogens is 326 g/mol. The first-order valence-electron chi connectivity index (χ1n) is 6.70. The average Bonchev–Trinajstić information content (AvgIpc) is 2.55. The number of benzene rings is 1. The molecule has 2 aromatic rings. The molecule has 2 rings (SSSR count). The van der Waals surface area contributed by atoms with Crippen LogP contribution in [0.5, 0.6) is 0 Å². The molecule has 0 aliphatic heterocycles. The predicted octanol–water partition coefficient (Wildman–Crippen LogP) is 2.05. The van der Waals surface area contributed by atoms with Crippen LogP contribution in [0.2, 0.25) is 0 Å². The fourth-order valence-corrected chi connectivity index (χ4v) is 2.59. The normalized spacial score (nSPS) is 11.4. The summed E-state index contributed by atoms with van der Waals surface area (Å²) >= 11 is 0. The van der Waals surface area contributed by atoms with Crippen LogP contribution in [-0.2, 0) is 16.3 Å².